The van der Waals surface area contributed by atoms with E-state index >= 15 is 0 Å². The smallest absolute Gasteiger partial charge is 0.246 e. The van der Waals surface area contributed by atoms with Gasteiger partial charge in [0.2, 0.25) is 11.8 Å². The lowest BCUT2D eigenvalue weighted by molar-refractivity contribution is -0.136. The van der Waals surface area contributed by atoms with E-state index in [0.29, 0.717) is 13.1 Å². The van der Waals surface area contributed by atoms with Crippen molar-refractivity contribution in [2.45, 2.75) is 13.3 Å². The Labute approximate surface area is 155 Å². The molecule has 0 spiro atoms. The highest BCUT2D eigenvalue weighted by Crippen LogP contribution is 2.22. The fourth-order valence-corrected chi connectivity index (χ4v) is 3.07. The minimum absolute atomic E-state index is 0.0122. The number of aryl methyl sites for hydroxylation is 1. The SMILES string of the molecule is Cc1ccc(N2CCN(C(=O)Cc3cc(F)c(F)cc3Cl)CC2=O)cc1. The monoisotopic (exact) mass is 378 g/mol. The van der Waals surface area contributed by atoms with Crippen molar-refractivity contribution in [3.05, 3.63) is 64.2 Å². The van der Waals surface area contributed by atoms with Crippen LogP contribution < -0.4 is 4.90 Å². The molecule has 0 aliphatic carbocycles. The molecule has 0 aromatic heterocycles. The molecular weight excluding hydrogens is 362 g/mol. The van der Waals surface area contributed by atoms with Crippen molar-refractivity contribution in [3.8, 4) is 0 Å². The van der Waals surface area contributed by atoms with Gasteiger partial charge in [-0.05, 0) is 36.8 Å². The fraction of sp³-hybridized carbons (Fsp3) is 0.263. The number of benzene rings is 2. The van der Waals surface area contributed by atoms with Crippen LogP contribution in [0.3, 0.4) is 0 Å². The predicted molar refractivity (Wildman–Crippen MR) is 95.2 cm³/mol. The highest BCUT2D eigenvalue weighted by Gasteiger charge is 2.28. The first-order chi connectivity index (χ1) is 12.3. The maximum Gasteiger partial charge on any atom is 0.246 e. The molecule has 0 radical (unpaired) electrons. The number of nitrogens with zero attached hydrogens (tertiary/aromatic N) is 2. The van der Waals surface area contributed by atoms with Gasteiger partial charge in [-0.3, -0.25) is 9.59 Å². The van der Waals surface area contributed by atoms with E-state index in [1.165, 1.54) is 4.90 Å². The van der Waals surface area contributed by atoms with Gasteiger partial charge in [-0.1, -0.05) is 29.3 Å². The second kappa shape index (κ2) is 7.41. The molecule has 0 saturated carbocycles. The van der Waals surface area contributed by atoms with E-state index in [9.17, 15) is 18.4 Å². The molecule has 1 aliphatic heterocycles. The van der Waals surface area contributed by atoms with E-state index in [0.717, 1.165) is 23.4 Å². The average molecular weight is 379 g/mol. The highest BCUT2D eigenvalue weighted by molar-refractivity contribution is 6.31. The van der Waals surface area contributed by atoms with E-state index in [-0.39, 0.29) is 35.4 Å². The van der Waals surface area contributed by atoms with E-state index in [4.69, 9.17) is 11.6 Å². The number of anilines is 1. The van der Waals surface area contributed by atoms with Crippen molar-refractivity contribution >= 4 is 29.1 Å². The largest absolute Gasteiger partial charge is 0.331 e. The molecule has 26 heavy (non-hydrogen) atoms. The summed E-state index contributed by atoms with van der Waals surface area (Å²) in [5.41, 5.74) is 2.08. The zero-order valence-corrected chi connectivity index (χ0v) is 14.9. The summed E-state index contributed by atoms with van der Waals surface area (Å²) in [7, 11) is 0. The second-order valence-electron chi connectivity index (χ2n) is 6.23. The number of halogens is 3. The van der Waals surface area contributed by atoms with Crippen LogP contribution in [0.5, 0.6) is 0 Å². The summed E-state index contributed by atoms with van der Waals surface area (Å²) in [4.78, 5) is 27.9. The third kappa shape index (κ3) is 3.85. The van der Waals surface area contributed by atoms with Crippen LogP contribution in [-0.2, 0) is 16.0 Å². The van der Waals surface area contributed by atoms with E-state index in [1.807, 2.05) is 31.2 Å². The van der Waals surface area contributed by atoms with Crippen LogP contribution in [-0.4, -0.2) is 36.3 Å². The first-order valence-corrected chi connectivity index (χ1v) is 8.51. The molecule has 0 unspecified atom stereocenters. The molecule has 1 heterocycles. The molecule has 2 aromatic carbocycles. The van der Waals surface area contributed by atoms with Crippen molar-refractivity contribution in [2.75, 3.05) is 24.5 Å². The first-order valence-electron chi connectivity index (χ1n) is 8.13. The Balaban J connectivity index is 1.67. The van der Waals surface area contributed by atoms with Gasteiger partial charge >= 0.3 is 0 Å². The van der Waals surface area contributed by atoms with Gasteiger partial charge in [0.1, 0.15) is 6.54 Å². The van der Waals surface area contributed by atoms with Crippen molar-refractivity contribution in [1.82, 2.24) is 4.90 Å². The topological polar surface area (TPSA) is 40.6 Å². The standard InChI is InChI=1S/C19H17ClF2N2O2/c1-12-2-4-14(5-3-12)24-7-6-23(11-19(24)26)18(25)9-13-8-16(21)17(22)10-15(13)20/h2-5,8,10H,6-7,9,11H2,1H3. The fourth-order valence-electron chi connectivity index (χ4n) is 2.86. The summed E-state index contributed by atoms with van der Waals surface area (Å²) in [6, 6.07) is 9.34. The highest BCUT2D eigenvalue weighted by atomic mass is 35.5. The van der Waals surface area contributed by atoms with Gasteiger partial charge < -0.3 is 9.80 Å². The normalized spacial score (nSPS) is 14.7. The van der Waals surface area contributed by atoms with Crippen LogP contribution in [0.1, 0.15) is 11.1 Å². The third-order valence-corrected chi connectivity index (χ3v) is 4.70. The van der Waals surface area contributed by atoms with Gasteiger partial charge in [0.05, 0.1) is 6.42 Å². The van der Waals surface area contributed by atoms with Gasteiger partial charge in [0.15, 0.2) is 11.6 Å². The van der Waals surface area contributed by atoms with Crippen LogP contribution >= 0.6 is 11.6 Å². The molecule has 1 fully saturated rings. The maximum absolute atomic E-state index is 13.4. The lowest BCUT2D eigenvalue weighted by atomic mass is 10.1. The van der Waals surface area contributed by atoms with Crippen LogP contribution in [0.25, 0.3) is 0 Å². The number of amides is 2. The average Bonchev–Trinajstić information content (AvgIpc) is 2.60. The van der Waals surface area contributed by atoms with Crippen molar-refractivity contribution in [1.29, 1.82) is 0 Å². The number of carbonyl (C=O) groups excluding carboxylic acids is 2. The maximum atomic E-state index is 13.4. The third-order valence-electron chi connectivity index (χ3n) is 4.35. The number of hydrogen-bond donors (Lipinski definition) is 0. The minimum Gasteiger partial charge on any atom is -0.331 e. The lowest BCUT2D eigenvalue weighted by Crippen LogP contribution is -2.52. The van der Waals surface area contributed by atoms with Gasteiger partial charge in [-0.15, -0.1) is 0 Å². The van der Waals surface area contributed by atoms with Crippen LogP contribution in [0.4, 0.5) is 14.5 Å². The molecule has 7 heteroatoms. The number of rotatable bonds is 3. The molecule has 0 bridgehead atoms. The summed E-state index contributed by atoms with van der Waals surface area (Å²) in [5, 5.41) is -0.0122. The molecule has 136 valence electrons. The molecular formula is C19H17ClF2N2O2. The van der Waals surface area contributed by atoms with Gasteiger partial charge in [-0.2, -0.15) is 0 Å². The van der Waals surface area contributed by atoms with Crippen LogP contribution in [0.15, 0.2) is 36.4 Å². The first kappa shape index (κ1) is 18.3. The summed E-state index contributed by atoms with van der Waals surface area (Å²) in [6.45, 7) is 2.64. The lowest BCUT2D eigenvalue weighted by Gasteiger charge is -2.34. The zero-order valence-electron chi connectivity index (χ0n) is 14.1. The summed E-state index contributed by atoms with van der Waals surface area (Å²) >= 11 is 5.88. The van der Waals surface area contributed by atoms with Crippen molar-refractivity contribution < 1.29 is 18.4 Å². The Morgan fingerprint density at radius 1 is 1.12 bits per heavy atom. The zero-order chi connectivity index (χ0) is 18.8. The number of carbonyl (C=O) groups is 2. The molecule has 1 aliphatic rings. The van der Waals surface area contributed by atoms with Gasteiger partial charge in [0.25, 0.3) is 0 Å². The molecule has 0 atom stereocenters. The Morgan fingerprint density at radius 2 is 1.77 bits per heavy atom. The number of hydrogen-bond acceptors (Lipinski definition) is 2. The molecule has 2 amide bonds. The van der Waals surface area contributed by atoms with E-state index < -0.39 is 11.6 Å². The quantitative estimate of drug-likeness (QED) is 0.768. The Morgan fingerprint density at radius 3 is 2.42 bits per heavy atom. The van der Waals surface area contributed by atoms with Crippen LogP contribution in [0, 0.1) is 18.6 Å². The molecule has 2 aromatic rings. The summed E-state index contributed by atoms with van der Waals surface area (Å²) in [6.07, 6.45) is -0.187. The van der Waals surface area contributed by atoms with E-state index in [2.05, 4.69) is 0 Å². The van der Waals surface area contributed by atoms with E-state index in [1.54, 1.807) is 4.90 Å². The van der Waals surface area contributed by atoms with Gasteiger partial charge in [-0.25, -0.2) is 8.78 Å². The summed E-state index contributed by atoms with van der Waals surface area (Å²) < 4.78 is 26.5. The Kier molecular flexibility index (Phi) is 5.23. The van der Waals surface area contributed by atoms with Crippen molar-refractivity contribution in [3.63, 3.8) is 0 Å². The van der Waals surface area contributed by atoms with Gasteiger partial charge in [0, 0.05) is 23.8 Å². The summed E-state index contributed by atoms with van der Waals surface area (Å²) in [5.74, 6) is -2.66. The van der Waals surface area contributed by atoms with Crippen molar-refractivity contribution in [2.24, 2.45) is 0 Å². The second-order valence-corrected chi connectivity index (χ2v) is 6.64. The Hall–Kier alpha value is -2.47. The molecule has 0 N–H and O–H groups in total. The van der Waals surface area contributed by atoms with Crippen LogP contribution in [0.2, 0.25) is 5.02 Å². The minimum atomic E-state index is -1.06. The molecule has 4 nitrogen and oxygen atoms in total. The number of piperazine rings is 1. The molecule has 3 rings (SSSR count). The molecule has 1 saturated heterocycles. The predicted octanol–water partition coefficient (Wildman–Crippen LogP) is 3.34. The Bertz CT molecular complexity index is 855.